The van der Waals surface area contributed by atoms with Gasteiger partial charge in [0.2, 0.25) is 21.8 Å². The molecular weight excluding hydrogens is 525 g/mol. The zero-order valence-corrected chi connectivity index (χ0v) is 22.9. The fourth-order valence-electron chi connectivity index (χ4n) is 4.69. The van der Waals surface area contributed by atoms with Gasteiger partial charge in [0.1, 0.15) is 5.82 Å². The Morgan fingerprint density at radius 3 is 2.26 bits per heavy atom. The van der Waals surface area contributed by atoms with E-state index in [9.17, 15) is 22.4 Å². The van der Waals surface area contributed by atoms with Crippen LogP contribution in [0.2, 0.25) is 0 Å². The largest absolute Gasteiger partial charge is 0.332 e. The highest BCUT2D eigenvalue weighted by Gasteiger charge is 2.35. The molecule has 1 aliphatic rings. The van der Waals surface area contributed by atoms with Crippen LogP contribution in [0.15, 0.2) is 70.9 Å². The molecule has 0 spiro atoms. The molecule has 0 saturated heterocycles. The standard InChI is InChI=1S/C28H32FN3O4S2/c1-21(33)30-24-13-15-27(16-14-24)38(35,36)32(25-6-3-2-4-7-25)20-28(34)31(19-26-8-5-17-37-26)18-22-9-11-23(29)12-10-22/h5,8-17,25H,2-4,6-7,18-20H2,1H3,(H,30,33). The minimum absolute atomic E-state index is 0.0771. The Bertz CT molecular complexity index is 1320. The average Bonchev–Trinajstić information content (AvgIpc) is 3.41. The molecule has 1 heterocycles. The number of nitrogens with one attached hydrogen (secondary N) is 1. The van der Waals surface area contributed by atoms with Crippen molar-refractivity contribution >= 4 is 38.9 Å². The molecule has 0 radical (unpaired) electrons. The molecule has 0 unspecified atom stereocenters. The Balaban J connectivity index is 1.61. The van der Waals surface area contributed by atoms with Crippen molar-refractivity contribution in [2.75, 3.05) is 11.9 Å². The summed E-state index contributed by atoms with van der Waals surface area (Å²) in [4.78, 5) is 27.8. The average molecular weight is 558 g/mol. The molecule has 0 atom stereocenters. The third-order valence-corrected chi connectivity index (χ3v) is 9.39. The Hall–Kier alpha value is -3.08. The predicted molar refractivity (Wildman–Crippen MR) is 146 cm³/mol. The van der Waals surface area contributed by atoms with E-state index in [1.807, 2.05) is 17.5 Å². The van der Waals surface area contributed by atoms with E-state index in [1.165, 1.54) is 46.8 Å². The van der Waals surface area contributed by atoms with Crippen LogP contribution in [0, 0.1) is 5.82 Å². The molecule has 4 rings (SSSR count). The van der Waals surface area contributed by atoms with Crippen LogP contribution in [-0.4, -0.2) is 42.0 Å². The lowest BCUT2D eigenvalue weighted by Gasteiger charge is -2.34. The molecule has 1 aliphatic carbocycles. The van der Waals surface area contributed by atoms with Gasteiger partial charge in [-0.2, -0.15) is 4.31 Å². The van der Waals surface area contributed by atoms with Gasteiger partial charge in [0.25, 0.3) is 0 Å². The van der Waals surface area contributed by atoms with Crippen molar-refractivity contribution in [1.29, 1.82) is 0 Å². The van der Waals surface area contributed by atoms with E-state index in [4.69, 9.17) is 0 Å². The van der Waals surface area contributed by atoms with Crippen LogP contribution in [0.3, 0.4) is 0 Å². The lowest BCUT2D eigenvalue weighted by Crippen LogP contribution is -2.47. The number of anilines is 1. The van der Waals surface area contributed by atoms with Crippen LogP contribution >= 0.6 is 11.3 Å². The molecule has 7 nitrogen and oxygen atoms in total. The number of benzene rings is 2. The Kier molecular flexibility index (Phi) is 9.30. The minimum Gasteiger partial charge on any atom is -0.332 e. The molecular formula is C28H32FN3O4S2. The molecule has 10 heteroatoms. The molecule has 38 heavy (non-hydrogen) atoms. The number of thiophene rings is 1. The van der Waals surface area contributed by atoms with E-state index < -0.39 is 10.0 Å². The van der Waals surface area contributed by atoms with E-state index in [2.05, 4.69) is 5.32 Å². The normalized spacial score (nSPS) is 14.4. The van der Waals surface area contributed by atoms with E-state index in [-0.39, 0.29) is 41.7 Å². The van der Waals surface area contributed by atoms with Gasteiger partial charge in [-0.3, -0.25) is 9.59 Å². The van der Waals surface area contributed by atoms with Crippen LogP contribution < -0.4 is 5.32 Å². The monoisotopic (exact) mass is 557 g/mol. The van der Waals surface area contributed by atoms with Gasteiger partial charge in [-0.05, 0) is 66.2 Å². The highest BCUT2D eigenvalue weighted by Crippen LogP contribution is 2.29. The second kappa shape index (κ2) is 12.6. The van der Waals surface area contributed by atoms with Gasteiger partial charge in [0.05, 0.1) is 18.0 Å². The zero-order valence-electron chi connectivity index (χ0n) is 21.3. The van der Waals surface area contributed by atoms with Gasteiger partial charge in [0.15, 0.2) is 0 Å². The van der Waals surface area contributed by atoms with Crippen molar-refractivity contribution in [2.24, 2.45) is 0 Å². The minimum atomic E-state index is -3.99. The Morgan fingerprint density at radius 2 is 1.66 bits per heavy atom. The predicted octanol–water partition coefficient (Wildman–Crippen LogP) is 5.40. The summed E-state index contributed by atoms with van der Waals surface area (Å²) in [5, 5.41) is 4.57. The van der Waals surface area contributed by atoms with Crippen molar-refractivity contribution in [3.8, 4) is 0 Å². The summed E-state index contributed by atoms with van der Waals surface area (Å²) in [5.74, 6) is -0.919. The maximum atomic E-state index is 13.9. The quantitative estimate of drug-likeness (QED) is 0.362. The Morgan fingerprint density at radius 1 is 0.974 bits per heavy atom. The summed E-state index contributed by atoms with van der Waals surface area (Å²) >= 11 is 1.52. The second-order valence-electron chi connectivity index (χ2n) is 9.50. The van der Waals surface area contributed by atoms with Gasteiger partial charge in [0, 0.05) is 30.1 Å². The number of carbonyl (C=O) groups is 2. The van der Waals surface area contributed by atoms with Gasteiger partial charge >= 0.3 is 0 Å². The Labute approximate surface area is 227 Å². The number of hydrogen-bond donors (Lipinski definition) is 1. The van der Waals surface area contributed by atoms with Crippen LogP contribution in [0.1, 0.15) is 49.5 Å². The number of amides is 2. The highest BCUT2D eigenvalue weighted by atomic mass is 32.2. The zero-order chi connectivity index (χ0) is 27.1. The van der Waals surface area contributed by atoms with Crippen molar-refractivity contribution in [3.05, 3.63) is 82.3 Å². The number of halogens is 1. The fraction of sp³-hybridized carbons (Fsp3) is 0.357. The first-order chi connectivity index (χ1) is 18.2. The third-order valence-electron chi connectivity index (χ3n) is 6.62. The molecule has 2 amide bonds. The van der Waals surface area contributed by atoms with E-state index in [1.54, 1.807) is 29.2 Å². The molecule has 2 aromatic carbocycles. The number of rotatable bonds is 10. The van der Waals surface area contributed by atoms with Gasteiger partial charge in [-0.1, -0.05) is 37.5 Å². The summed E-state index contributed by atoms with van der Waals surface area (Å²) in [6.07, 6.45) is 4.24. The molecule has 1 N–H and O–H groups in total. The third kappa shape index (κ3) is 7.27. The molecule has 3 aromatic rings. The summed E-state index contributed by atoms with van der Waals surface area (Å²) < 4.78 is 42.6. The van der Waals surface area contributed by atoms with Gasteiger partial charge in [-0.25, -0.2) is 12.8 Å². The molecule has 1 saturated carbocycles. The number of hydrogen-bond acceptors (Lipinski definition) is 5. The fourth-order valence-corrected chi connectivity index (χ4v) is 7.05. The summed E-state index contributed by atoms with van der Waals surface area (Å²) in [7, 11) is -3.99. The summed E-state index contributed by atoms with van der Waals surface area (Å²) in [6.45, 7) is 1.67. The lowest BCUT2D eigenvalue weighted by molar-refractivity contribution is -0.133. The van der Waals surface area contributed by atoms with Crippen LogP contribution in [0.5, 0.6) is 0 Å². The highest BCUT2D eigenvalue weighted by molar-refractivity contribution is 7.89. The topological polar surface area (TPSA) is 86.8 Å². The van der Waals surface area contributed by atoms with Crippen LogP contribution in [-0.2, 0) is 32.7 Å². The summed E-state index contributed by atoms with van der Waals surface area (Å²) in [5.41, 5.74) is 1.26. The number of sulfonamides is 1. The van der Waals surface area contributed by atoms with Crippen LogP contribution in [0.25, 0.3) is 0 Å². The van der Waals surface area contributed by atoms with Gasteiger partial charge < -0.3 is 10.2 Å². The maximum absolute atomic E-state index is 13.9. The molecule has 1 fully saturated rings. The summed E-state index contributed by atoms with van der Waals surface area (Å²) in [6, 6.07) is 15.6. The number of nitrogens with zero attached hydrogens (tertiary/aromatic N) is 2. The molecule has 202 valence electrons. The number of carbonyl (C=O) groups excluding carboxylic acids is 2. The molecule has 0 bridgehead atoms. The first-order valence-electron chi connectivity index (χ1n) is 12.7. The SMILES string of the molecule is CC(=O)Nc1ccc(S(=O)(=O)N(CC(=O)N(Cc2ccc(F)cc2)Cc2cccs2)C2CCCCC2)cc1. The first-order valence-corrected chi connectivity index (χ1v) is 15.0. The smallest absolute Gasteiger partial charge is 0.243 e. The van der Waals surface area contributed by atoms with Crippen LogP contribution in [0.4, 0.5) is 10.1 Å². The maximum Gasteiger partial charge on any atom is 0.243 e. The first kappa shape index (κ1) is 27.9. The van der Waals surface area contributed by atoms with Crippen molar-refractivity contribution in [2.45, 2.75) is 63.1 Å². The van der Waals surface area contributed by atoms with E-state index in [0.717, 1.165) is 29.7 Å². The lowest BCUT2D eigenvalue weighted by atomic mass is 9.95. The molecule has 1 aromatic heterocycles. The van der Waals surface area contributed by atoms with Crippen molar-refractivity contribution in [3.63, 3.8) is 0 Å². The van der Waals surface area contributed by atoms with E-state index >= 15 is 0 Å². The molecule has 0 aliphatic heterocycles. The van der Waals surface area contributed by atoms with E-state index in [0.29, 0.717) is 25.1 Å². The van der Waals surface area contributed by atoms with Crippen molar-refractivity contribution < 1.29 is 22.4 Å². The van der Waals surface area contributed by atoms with Crippen molar-refractivity contribution in [1.82, 2.24) is 9.21 Å². The second-order valence-corrected chi connectivity index (χ2v) is 12.4. The van der Waals surface area contributed by atoms with Gasteiger partial charge in [-0.15, -0.1) is 11.3 Å².